The second-order valence-electron chi connectivity index (χ2n) is 6.67. The number of hydrogen-bond acceptors (Lipinski definition) is 4. The molecule has 1 fully saturated rings. The zero-order valence-electron chi connectivity index (χ0n) is 15.8. The number of rotatable bonds is 5. The van der Waals surface area contributed by atoms with Gasteiger partial charge in [0, 0.05) is 44.0 Å². The Balaban J connectivity index is 1.47. The van der Waals surface area contributed by atoms with Crippen molar-refractivity contribution >= 4 is 17.5 Å². The first-order chi connectivity index (χ1) is 13.0. The smallest absolute Gasteiger partial charge is 0.321 e. The number of amides is 2. The van der Waals surface area contributed by atoms with Crippen LogP contribution in [0.3, 0.4) is 0 Å². The summed E-state index contributed by atoms with van der Waals surface area (Å²) in [4.78, 5) is 27.9. The van der Waals surface area contributed by atoms with Gasteiger partial charge in [-0.3, -0.25) is 9.69 Å². The van der Waals surface area contributed by atoms with Gasteiger partial charge in [0.05, 0.1) is 7.11 Å². The van der Waals surface area contributed by atoms with Crippen LogP contribution in [-0.4, -0.2) is 54.9 Å². The second-order valence-corrected chi connectivity index (χ2v) is 6.67. The molecule has 6 heteroatoms. The van der Waals surface area contributed by atoms with Crippen LogP contribution in [0.15, 0.2) is 48.5 Å². The Hall–Kier alpha value is -2.86. The van der Waals surface area contributed by atoms with Crippen molar-refractivity contribution in [3.8, 4) is 5.75 Å². The molecule has 0 radical (unpaired) electrons. The quantitative estimate of drug-likeness (QED) is 0.824. The molecule has 1 aliphatic rings. The highest BCUT2D eigenvalue weighted by Crippen LogP contribution is 2.15. The first kappa shape index (κ1) is 18.9. The van der Waals surface area contributed by atoms with Crippen LogP contribution in [0.4, 0.5) is 10.5 Å². The van der Waals surface area contributed by atoms with Gasteiger partial charge in [-0.15, -0.1) is 0 Å². The molecule has 6 nitrogen and oxygen atoms in total. The standard InChI is InChI=1S/C21H25N3O3/c1-16(25)18-5-7-19(8-6-18)22-21(26)24-13-11-23(12-14-24)15-17-3-9-20(27-2)10-4-17/h3-10H,11-15H2,1-2H3,(H,22,26). The number of benzene rings is 2. The van der Waals surface area contributed by atoms with Crippen molar-refractivity contribution in [2.45, 2.75) is 13.5 Å². The molecule has 2 aromatic carbocycles. The molecule has 1 N–H and O–H groups in total. The molecule has 0 bridgehead atoms. The summed E-state index contributed by atoms with van der Waals surface area (Å²) in [5, 5.41) is 2.90. The Morgan fingerprint density at radius 3 is 2.15 bits per heavy atom. The minimum Gasteiger partial charge on any atom is -0.497 e. The molecule has 0 aliphatic carbocycles. The maximum atomic E-state index is 12.4. The number of carbonyl (C=O) groups excluding carboxylic acids is 2. The van der Waals surface area contributed by atoms with Crippen LogP contribution in [0.2, 0.25) is 0 Å². The van der Waals surface area contributed by atoms with E-state index in [0.717, 1.165) is 25.4 Å². The fraction of sp³-hybridized carbons (Fsp3) is 0.333. The molecule has 2 aromatic rings. The van der Waals surface area contributed by atoms with E-state index < -0.39 is 0 Å². The average molecular weight is 367 g/mol. The van der Waals surface area contributed by atoms with Crippen molar-refractivity contribution < 1.29 is 14.3 Å². The number of nitrogens with one attached hydrogen (secondary N) is 1. The van der Waals surface area contributed by atoms with Crippen molar-refractivity contribution in [3.63, 3.8) is 0 Å². The van der Waals surface area contributed by atoms with E-state index in [1.165, 1.54) is 12.5 Å². The van der Waals surface area contributed by atoms with Crippen LogP contribution in [0, 0.1) is 0 Å². The van der Waals surface area contributed by atoms with E-state index in [4.69, 9.17) is 4.74 Å². The topological polar surface area (TPSA) is 61.9 Å². The third-order valence-corrected chi connectivity index (χ3v) is 4.77. The zero-order valence-corrected chi connectivity index (χ0v) is 15.8. The van der Waals surface area contributed by atoms with E-state index in [0.29, 0.717) is 24.3 Å². The van der Waals surface area contributed by atoms with Crippen molar-refractivity contribution in [2.24, 2.45) is 0 Å². The largest absolute Gasteiger partial charge is 0.497 e. The van der Waals surface area contributed by atoms with Gasteiger partial charge in [0.15, 0.2) is 5.78 Å². The summed E-state index contributed by atoms with van der Waals surface area (Å²) in [7, 11) is 1.66. The van der Waals surface area contributed by atoms with Gasteiger partial charge in [0.2, 0.25) is 0 Å². The highest BCUT2D eigenvalue weighted by Gasteiger charge is 2.21. The van der Waals surface area contributed by atoms with Crippen LogP contribution < -0.4 is 10.1 Å². The minimum absolute atomic E-state index is 0.0147. The van der Waals surface area contributed by atoms with Gasteiger partial charge in [0.1, 0.15) is 5.75 Å². The van der Waals surface area contributed by atoms with Crippen LogP contribution in [0.1, 0.15) is 22.8 Å². The van der Waals surface area contributed by atoms with Gasteiger partial charge >= 0.3 is 6.03 Å². The summed E-state index contributed by atoms with van der Waals surface area (Å²) < 4.78 is 5.19. The Morgan fingerprint density at radius 2 is 1.59 bits per heavy atom. The summed E-state index contributed by atoms with van der Waals surface area (Å²) in [6.45, 7) is 5.44. The minimum atomic E-state index is -0.102. The molecule has 1 heterocycles. The molecule has 0 spiro atoms. The molecule has 0 aromatic heterocycles. The summed E-state index contributed by atoms with van der Waals surface area (Å²) in [6.07, 6.45) is 0. The number of Topliss-reactive ketones (excluding diaryl/α,β-unsaturated/α-hetero) is 1. The van der Waals surface area contributed by atoms with Gasteiger partial charge in [-0.05, 0) is 48.9 Å². The number of piperazine rings is 1. The fourth-order valence-corrected chi connectivity index (χ4v) is 3.09. The van der Waals surface area contributed by atoms with E-state index in [1.54, 1.807) is 31.4 Å². The number of ether oxygens (including phenoxy) is 1. The third kappa shape index (κ3) is 5.08. The molecule has 3 rings (SSSR count). The Morgan fingerprint density at radius 1 is 0.963 bits per heavy atom. The molecule has 142 valence electrons. The molecule has 0 unspecified atom stereocenters. The molecular formula is C21H25N3O3. The molecule has 2 amide bonds. The number of ketones is 1. The SMILES string of the molecule is COc1ccc(CN2CCN(C(=O)Nc3ccc(C(C)=O)cc3)CC2)cc1. The van der Waals surface area contributed by atoms with Gasteiger partial charge in [-0.1, -0.05) is 12.1 Å². The van der Waals surface area contributed by atoms with Gasteiger partial charge in [-0.2, -0.15) is 0 Å². The first-order valence-electron chi connectivity index (χ1n) is 9.07. The number of carbonyl (C=O) groups is 2. The van der Waals surface area contributed by atoms with Crippen LogP contribution in [-0.2, 0) is 6.54 Å². The number of urea groups is 1. The van der Waals surface area contributed by atoms with E-state index in [9.17, 15) is 9.59 Å². The van der Waals surface area contributed by atoms with Crippen LogP contribution >= 0.6 is 0 Å². The lowest BCUT2D eigenvalue weighted by molar-refractivity contribution is 0.101. The van der Waals surface area contributed by atoms with Gasteiger partial charge in [-0.25, -0.2) is 4.79 Å². The van der Waals surface area contributed by atoms with Crippen molar-refractivity contribution in [3.05, 3.63) is 59.7 Å². The molecule has 27 heavy (non-hydrogen) atoms. The van der Waals surface area contributed by atoms with Crippen LogP contribution in [0.5, 0.6) is 5.75 Å². The maximum Gasteiger partial charge on any atom is 0.321 e. The number of anilines is 1. The zero-order chi connectivity index (χ0) is 19.2. The van der Waals surface area contributed by atoms with Crippen molar-refractivity contribution in [1.82, 2.24) is 9.80 Å². The molecule has 0 saturated carbocycles. The van der Waals surface area contributed by atoms with Crippen LogP contribution in [0.25, 0.3) is 0 Å². The van der Waals surface area contributed by atoms with E-state index >= 15 is 0 Å². The summed E-state index contributed by atoms with van der Waals surface area (Å²) >= 11 is 0. The highest BCUT2D eigenvalue weighted by molar-refractivity contribution is 5.95. The van der Waals surface area contributed by atoms with E-state index in [-0.39, 0.29) is 11.8 Å². The normalized spacial score (nSPS) is 14.7. The monoisotopic (exact) mass is 367 g/mol. The lowest BCUT2D eigenvalue weighted by Crippen LogP contribution is -2.49. The van der Waals surface area contributed by atoms with E-state index in [2.05, 4.69) is 22.3 Å². The maximum absolute atomic E-state index is 12.4. The molecular weight excluding hydrogens is 342 g/mol. The van der Waals surface area contributed by atoms with Gasteiger partial charge < -0.3 is 15.0 Å². The number of methoxy groups -OCH3 is 1. The number of hydrogen-bond donors (Lipinski definition) is 1. The van der Waals surface area contributed by atoms with Crippen molar-refractivity contribution in [1.29, 1.82) is 0 Å². The number of nitrogens with zero attached hydrogens (tertiary/aromatic N) is 2. The molecule has 1 saturated heterocycles. The summed E-state index contributed by atoms with van der Waals surface area (Å²) in [5.41, 5.74) is 2.57. The Bertz CT molecular complexity index is 779. The summed E-state index contributed by atoms with van der Waals surface area (Å²) in [5.74, 6) is 0.873. The van der Waals surface area contributed by atoms with Gasteiger partial charge in [0.25, 0.3) is 0 Å². The fourth-order valence-electron chi connectivity index (χ4n) is 3.09. The Labute approximate surface area is 159 Å². The second kappa shape index (κ2) is 8.68. The molecule has 0 atom stereocenters. The molecule has 1 aliphatic heterocycles. The lowest BCUT2D eigenvalue weighted by Gasteiger charge is -2.34. The third-order valence-electron chi connectivity index (χ3n) is 4.77. The Kier molecular flexibility index (Phi) is 6.08. The predicted molar refractivity (Wildman–Crippen MR) is 105 cm³/mol. The highest BCUT2D eigenvalue weighted by atomic mass is 16.5. The van der Waals surface area contributed by atoms with E-state index in [1.807, 2.05) is 17.0 Å². The summed E-state index contributed by atoms with van der Waals surface area (Å²) in [6, 6.07) is 15.0. The van der Waals surface area contributed by atoms with Crippen molar-refractivity contribution in [2.75, 3.05) is 38.6 Å². The average Bonchev–Trinajstić information content (AvgIpc) is 2.69. The predicted octanol–water partition coefficient (Wildman–Crippen LogP) is 3.25. The lowest BCUT2D eigenvalue weighted by atomic mass is 10.1. The first-order valence-corrected chi connectivity index (χ1v) is 9.07.